The van der Waals surface area contributed by atoms with Gasteiger partial charge in [0.1, 0.15) is 16.0 Å². The highest BCUT2D eigenvalue weighted by Crippen LogP contribution is 2.29. The molecule has 0 saturated heterocycles. The van der Waals surface area contributed by atoms with Crippen molar-refractivity contribution >= 4 is 58.5 Å². The maximum atomic E-state index is 13.3. The molecule has 0 saturated carbocycles. The lowest BCUT2D eigenvalue weighted by Gasteiger charge is -2.23. The van der Waals surface area contributed by atoms with Crippen LogP contribution in [0.2, 0.25) is 0 Å². The van der Waals surface area contributed by atoms with Crippen molar-refractivity contribution in [2.24, 2.45) is 0 Å². The topological polar surface area (TPSA) is 91.2 Å². The number of aromatic nitrogens is 3. The number of aliphatic carboxylic acids is 1. The van der Waals surface area contributed by atoms with Gasteiger partial charge in [0.2, 0.25) is 0 Å². The Morgan fingerprint density at radius 1 is 1.17 bits per heavy atom. The summed E-state index contributed by atoms with van der Waals surface area (Å²) in [6.07, 6.45) is 8.39. The van der Waals surface area contributed by atoms with Crippen LogP contribution >= 0.6 is 46.6 Å². The highest BCUT2D eigenvalue weighted by Gasteiger charge is 2.20. The van der Waals surface area contributed by atoms with Gasteiger partial charge in [0.25, 0.3) is 5.91 Å². The number of carboxylic acid groups (broad SMARTS) is 1. The highest BCUT2D eigenvalue weighted by molar-refractivity contribution is 8.76. The normalized spacial score (nSPS) is 11.7. The van der Waals surface area contributed by atoms with Crippen LogP contribution in [-0.4, -0.2) is 54.4 Å². The van der Waals surface area contributed by atoms with Crippen molar-refractivity contribution in [1.82, 2.24) is 19.1 Å². The number of amides is 1. The minimum atomic E-state index is -0.826. The number of hydrogen-bond acceptors (Lipinski definition) is 6. The molecule has 3 rings (SSSR count). The van der Waals surface area contributed by atoms with E-state index in [9.17, 15) is 9.59 Å². The number of carboxylic acids is 1. The van der Waals surface area contributed by atoms with Gasteiger partial charge >= 0.3 is 5.97 Å². The van der Waals surface area contributed by atoms with E-state index in [4.69, 9.17) is 5.11 Å². The van der Waals surface area contributed by atoms with E-state index >= 15 is 0 Å². The number of rotatable bonds is 15. The van der Waals surface area contributed by atoms with Crippen LogP contribution in [-0.2, 0) is 11.2 Å². The predicted molar refractivity (Wildman–Crippen MR) is 153 cm³/mol. The molecule has 192 valence electrons. The number of unbranched alkanes of at least 4 members (excludes halogenated alkanes) is 4. The summed E-state index contributed by atoms with van der Waals surface area (Å²) >= 11 is 1.50. The first kappa shape index (κ1) is 29.4. The van der Waals surface area contributed by atoms with Crippen molar-refractivity contribution in [3.05, 3.63) is 53.3 Å². The lowest BCUT2D eigenvalue weighted by molar-refractivity contribution is -0.136. The van der Waals surface area contributed by atoms with Crippen LogP contribution in [0.15, 0.2) is 41.9 Å². The zero-order chi connectivity index (χ0) is 24.3. The molecule has 2 aromatic heterocycles. The van der Waals surface area contributed by atoms with Crippen LogP contribution in [0.3, 0.4) is 0 Å². The summed E-state index contributed by atoms with van der Waals surface area (Å²) in [7, 11) is 2.63. The fourth-order valence-corrected chi connectivity index (χ4v) is 5.90. The number of nitrogens with one attached hydrogen (secondary N) is 1. The maximum Gasteiger partial charge on any atom is 0.317 e. The molecule has 1 aromatic carbocycles. The zero-order valence-corrected chi connectivity index (χ0v) is 23.6. The molecule has 2 N–H and O–H groups in total. The van der Waals surface area contributed by atoms with Gasteiger partial charge in [-0.3, -0.25) is 14.7 Å². The second kappa shape index (κ2) is 15.3. The Morgan fingerprint density at radius 3 is 2.57 bits per heavy atom. The molecule has 1 unspecified atom stereocenters. The van der Waals surface area contributed by atoms with Crippen LogP contribution in [0.4, 0.5) is 0 Å². The largest absolute Gasteiger partial charge is 0.480 e. The van der Waals surface area contributed by atoms with Gasteiger partial charge in [0.15, 0.2) is 0 Å². The van der Waals surface area contributed by atoms with E-state index in [1.807, 2.05) is 46.8 Å². The smallest absolute Gasteiger partial charge is 0.317 e. The number of benzene rings is 1. The van der Waals surface area contributed by atoms with Crippen molar-refractivity contribution in [2.75, 3.05) is 13.1 Å². The van der Waals surface area contributed by atoms with E-state index in [1.165, 1.54) is 52.4 Å². The van der Waals surface area contributed by atoms with E-state index in [1.54, 1.807) is 11.0 Å². The predicted octanol–water partition coefficient (Wildman–Crippen LogP) is 6.33. The van der Waals surface area contributed by atoms with E-state index in [0.717, 1.165) is 35.7 Å². The Morgan fingerprint density at radius 2 is 1.89 bits per heavy atom. The molecule has 0 spiro atoms. The third-order valence-electron chi connectivity index (χ3n) is 5.36. The summed E-state index contributed by atoms with van der Waals surface area (Å²) in [6.45, 7) is 5.19. The van der Waals surface area contributed by atoms with Crippen LogP contribution < -0.4 is 0 Å². The SMILES string of the molecule is CCCCCCCN(CCc1cn(SSC(C)C(=O)O)[nH]1)C(=O)c1csc(-c2ccccc2)n1.S. The van der Waals surface area contributed by atoms with Gasteiger partial charge in [-0.15, -0.1) is 11.3 Å². The van der Waals surface area contributed by atoms with Gasteiger partial charge in [-0.05, 0) is 13.3 Å². The Bertz CT molecular complexity index is 1020. The molecule has 0 fully saturated rings. The quantitative estimate of drug-likeness (QED) is 0.169. The van der Waals surface area contributed by atoms with Gasteiger partial charge < -0.3 is 10.0 Å². The first-order valence-electron chi connectivity index (χ1n) is 11.6. The monoisotopic (exact) mass is 554 g/mol. The van der Waals surface area contributed by atoms with Gasteiger partial charge in [0.05, 0.1) is 11.9 Å². The van der Waals surface area contributed by atoms with Crippen molar-refractivity contribution in [2.45, 2.75) is 57.6 Å². The van der Waals surface area contributed by atoms with Crippen molar-refractivity contribution in [1.29, 1.82) is 0 Å². The van der Waals surface area contributed by atoms with Crippen molar-refractivity contribution < 1.29 is 14.7 Å². The maximum absolute atomic E-state index is 13.3. The molecular formula is C24H34N4O3S4. The molecule has 0 radical (unpaired) electrons. The van der Waals surface area contributed by atoms with Crippen LogP contribution in [0.1, 0.15) is 62.1 Å². The summed E-state index contributed by atoms with van der Waals surface area (Å²) in [5.41, 5.74) is 2.56. The highest BCUT2D eigenvalue weighted by atomic mass is 33.1. The van der Waals surface area contributed by atoms with Gasteiger partial charge in [0, 0.05) is 41.4 Å². The summed E-state index contributed by atoms with van der Waals surface area (Å²) < 4.78 is 1.79. The average Bonchev–Trinajstić information content (AvgIpc) is 3.31. The number of H-pyrrole nitrogens is 1. The number of carbonyl (C=O) groups excluding carboxylic acids is 1. The van der Waals surface area contributed by atoms with Gasteiger partial charge in [-0.1, -0.05) is 73.7 Å². The van der Waals surface area contributed by atoms with E-state index in [-0.39, 0.29) is 19.4 Å². The Balaban J connectivity index is 0.00000432. The van der Waals surface area contributed by atoms with Crippen LogP contribution in [0.5, 0.6) is 0 Å². The number of hydrogen-bond donors (Lipinski definition) is 2. The number of aromatic amines is 1. The first-order chi connectivity index (χ1) is 16.5. The fraction of sp³-hybridized carbons (Fsp3) is 0.458. The third-order valence-corrected chi connectivity index (χ3v) is 8.79. The molecule has 2 heterocycles. The average molecular weight is 555 g/mol. The minimum Gasteiger partial charge on any atom is -0.480 e. The summed E-state index contributed by atoms with van der Waals surface area (Å²) in [5.74, 6) is -0.848. The molecule has 1 amide bonds. The molecule has 0 aliphatic heterocycles. The van der Waals surface area contributed by atoms with Crippen molar-refractivity contribution in [3.63, 3.8) is 0 Å². The second-order valence-electron chi connectivity index (χ2n) is 8.10. The van der Waals surface area contributed by atoms with E-state index in [0.29, 0.717) is 18.7 Å². The Labute approximate surface area is 226 Å². The first-order valence-corrected chi connectivity index (χ1v) is 14.7. The Kier molecular flexibility index (Phi) is 12.9. The molecular weight excluding hydrogens is 521 g/mol. The lowest BCUT2D eigenvalue weighted by Crippen LogP contribution is -2.34. The standard InChI is InChI=1S/C24H32N4O3S3.H2S/c1-3-4-5-6-10-14-27(15-13-20-16-28(26-20)34-33-18(2)24(30)31)23(29)21-17-32-22(25-21)19-11-8-7-9-12-19;/h7-9,11-12,16-18,26H,3-6,10,13-15H2,1-2H3,(H,30,31);1H2. The van der Waals surface area contributed by atoms with E-state index < -0.39 is 11.2 Å². The van der Waals surface area contributed by atoms with Crippen LogP contribution in [0.25, 0.3) is 10.6 Å². The summed E-state index contributed by atoms with van der Waals surface area (Å²) in [4.78, 5) is 30.8. The molecule has 35 heavy (non-hydrogen) atoms. The number of carbonyl (C=O) groups is 2. The fourth-order valence-electron chi connectivity index (χ4n) is 3.31. The molecule has 1 atom stereocenters. The van der Waals surface area contributed by atoms with Crippen molar-refractivity contribution in [3.8, 4) is 10.6 Å². The summed E-state index contributed by atoms with van der Waals surface area (Å²) in [5, 5.41) is 14.4. The molecule has 0 aliphatic rings. The second-order valence-corrected chi connectivity index (χ2v) is 11.4. The number of nitrogens with zero attached hydrogens (tertiary/aromatic N) is 3. The van der Waals surface area contributed by atoms with E-state index in [2.05, 4.69) is 17.0 Å². The molecule has 11 heteroatoms. The van der Waals surface area contributed by atoms with Gasteiger partial charge in [-0.2, -0.15) is 13.5 Å². The molecule has 7 nitrogen and oxygen atoms in total. The molecule has 0 aliphatic carbocycles. The zero-order valence-electron chi connectivity index (χ0n) is 20.1. The molecule has 3 aromatic rings. The lowest BCUT2D eigenvalue weighted by atomic mass is 10.1. The minimum absolute atomic E-state index is 0. The third kappa shape index (κ3) is 9.29. The molecule has 0 bridgehead atoms. The van der Waals surface area contributed by atoms with Gasteiger partial charge in [-0.25, -0.2) is 9.07 Å². The summed E-state index contributed by atoms with van der Waals surface area (Å²) in [6, 6.07) is 9.93. The van der Waals surface area contributed by atoms with Crippen LogP contribution in [0, 0.1) is 0 Å². The Hall–Kier alpha value is -1.82. The number of thiazole rings is 1.